The van der Waals surface area contributed by atoms with Gasteiger partial charge in [-0.1, -0.05) is 6.92 Å². The molecule has 1 saturated heterocycles. The van der Waals surface area contributed by atoms with Crippen LogP contribution >= 0.6 is 0 Å². The Bertz CT molecular complexity index is 227. The van der Waals surface area contributed by atoms with E-state index in [0.717, 1.165) is 45.8 Å². The van der Waals surface area contributed by atoms with E-state index in [9.17, 15) is 4.79 Å². The van der Waals surface area contributed by atoms with Gasteiger partial charge in [0.05, 0.1) is 0 Å². The molecular weight excluding hydrogens is 216 g/mol. The van der Waals surface area contributed by atoms with E-state index in [2.05, 4.69) is 27.5 Å². The summed E-state index contributed by atoms with van der Waals surface area (Å²) in [5.41, 5.74) is 0. The molecule has 0 aromatic carbocycles. The van der Waals surface area contributed by atoms with E-state index in [1.165, 1.54) is 0 Å². The van der Waals surface area contributed by atoms with E-state index >= 15 is 0 Å². The van der Waals surface area contributed by atoms with Crippen molar-refractivity contribution >= 4 is 5.91 Å². The van der Waals surface area contributed by atoms with E-state index in [0.29, 0.717) is 0 Å². The van der Waals surface area contributed by atoms with Gasteiger partial charge >= 0.3 is 0 Å². The van der Waals surface area contributed by atoms with Crippen LogP contribution in [0.1, 0.15) is 6.92 Å². The highest BCUT2D eigenvalue weighted by molar-refractivity contribution is 5.78. The zero-order chi connectivity index (χ0) is 12.7. The number of carbonyl (C=O) groups excluding carboxylic acids is 1. The van der Waals surface area contributed by atoms with Crippen LogP contribution in [0.5, 0.6) is 0 Å². The Hall–Kier alpha value is -0.650. The SMILES string of the molecule is CNCC(C)C(=O)NCCN1CCN(C)CC1. The Kier molecular flexibility index (Phi) is 6.47. The van der Waals surface area contributed by atoms with Crippen LogP contribution in [0, 0.1) is 5.92 Å². The van der Waals surface area contributed by atoms with Gasteiger partial charge in [-0.05, 0) is 14.1 Å². The second kappa shape index (κ2) is 7.63. The molecule has 1 aliphatic heterocycles. The third-order valence-corrected chi connectivity index (χ3v) is 3.28. The maximum Gasteiger partial charge on any atom is 0.224 e. The molecular formula is C12H26N4O. The smallest absolute Gasteiger partial charge is 0.224 e. The predicted molar refractivity (Wildman–Crippen MR) is 70.0 cm³/mol. The molecule has 0 aliphatic carbocycles. The van der Waals surface area contributed by atoms with Crippen molar-refractivity contribution < 1.29 is 4.79 Å². The molecule has 0 aromatic rings. The lowest BCUT2D eigenvalue weighted by Gasteiger charge is -2.32. The zero-order valence-corrected chi connectivity index (χ0v) is 11.3. The molecule has 1 aliphatic rings. The summed E-state index contributed by atoms with van der Waals surface area (Å²) in [7, 11) is 4.02. The molecule has 2 N–H and O–H groups in total. The van der Waals surface area contributed by atoms with Crippen molar-refractivity contribution in [3.63, 3.8) is 0 Å². The normalized spacial score (nSPS) is 20.2. The van der Waals surface area contributed by atoms with Crippen LogP contribution in [0.4, 0.5) is 0 Å². The molecule has 1 fully saturated rings. The van der Waals surface area contributed by atoms with Gasteiger partial charge in [0, 0.05) is 51.7 Å². The highest BCUT2D eigenvalue weighted by Crippen LogP contribution is 1.98. The largest absolute Gasteiger partial charge is 0.355 e. The van der Waals surface area contributed by atoms with Crippen molar-refractivity contribution in [1.82, 2.24) is 20.4 Å². The van der Waals surface area contributed by atoms with Gasteiger partial charge in [0.25, 0.3) is 0 Å². The Morgan fingerprint density at radius 3 is 2.53 bits per heavy atom. The van der Waals surface area contributed by atoms with Gasteiger partial charge in [-0.25, -0.2) is 0 Å². The lowest BCUT2D eigenvalue weighted by atomic mass is 10.1. The minimum absolute atomic E-state index is 0.0486. The lowest BCUT2D eigenvalue weighted by Crippen LogP contribution is -2.47. The monoisotopic (exact) mass is 242 g/mol. The minimum Gasteiger partial charge on any atom is -0.355 e. The molecule has 1 heterocycles. The Morgan fingerprint density at radius 2 is 1.94 bits per heavy atom. The predicted octanol–water partition coefficient (Wildman–Crippen LogP) is -0.794. The van der Waals surface area contributed by atoms with Crippen LogP contribution in [0.3, 0.4) is 0 Å². The number of amides is 1. The van der Waals surface area contributed by atoms with Gasteiger partial charge in [-0.2, -0.15) is 0 Å². The number of likely N-dealkylation sites (N-methyl/N-ethyl adjacent to an activating group) is 1. The molecule has 0 aromatic heterocycles. The number of nitrogens with zero attached hydrogens (tertiary/aromatic N) is 2. The van der Waals surface area contributed by atoms with Crippen molar-refractivity contribution in [1.29, 1.82) is 0 Å². The Balaban J connectivity index is 2.09. The number of piperazine rings is 1. The van der Waals surface area contributed by atoms with Crippen molar-refractivity contribution in [2.75, 3.05) is 59.9 Å². The summed E-state index contributed by atoms with van der Waals surface area (Å²) in [5, 5.41) is 6.01. The number of carbonyl (C=O) groups is 1. The fourth-order valence-corrected chi connectivity index (χ4v) is 1.98. The maximum absolute atomic E-state index is 11.6. The first kappa shape index (κ1) is 14.4. The fourth-order valence-electron chi connectivity index (χ4n) is 1.98. The standard InChI is InChI=1S/C12H26N4O/c1-11(10-13-2)12(17)14-4-5-16-8-6-15(3)7-9-16/h11,13H,4-10H2,1-3H3,(H,14,17). The first-order valence-corrected chi connectivity index (χ1v) is 6.46. The molecule has 100 valence electrons. The molecule has 5 nitrogen and oxygen atoms in total. The summed E-state index contributed by atoms with van der Waals surface area (Å²) in [6.45, 7) is 8.88. The number of hydrogen-bond donors (Lipinski definition) is 2. The summed E-state index contributed by atoms with van der Waals surface area (Å²) < 4.78 is 0. The van der Waals surface area contributed by atoms with Crippen LogP contribution < -0.4 is 10.6 Å². The maximum atomic E-state index is 11.6. The van der Waals surface area contributed by atoms with Crippen LogP contribution in [0.25, 0.3) is 0 Å². The minimum atomic E-state index is 0.0486. The zero-order valence-electron chi connectivity index (χ0n) is 11.3. The van der Waals surface area contributed by atoms with Crippen molar-refractivity contribution in [3.8, 4) is 0 Å². The topological polar surface area (TPSA) is 47.6 Å². The van der Waals surface area contributed by atoms with Crippen molar-refractivity contribution in [2.45, 2.75) is 6.92 Å². The highest BCUT2D eigenvalue weighted by atomic mass is 16.1. The highest BCUT2D eigenvalue weighted by Gasteiger charge is 2.14. The van der Waals surface area contributed by atoms with Gasteiger partial charge < -0.3 is 15.5 Å². The van der Waals surface area contributed by atoms with E-state index in [1.807, 2.05) is 14.0 Å². The lowest BCUT2D eigenvalue weighted by molar-refractivity contribution is -0.124. The molecule has 1 atom stereocenters. The summed E-state index contributed by atoms with van der Waals surface area (Å²) in [6.07, 6.45) is 0. The van der Waals surface area contributed by atoms with Crippen molar-refractivity contribution in [3.05, 3.63) is 0 Å². The Labute approximate surface area is 105 Å². The number of rotatable bonds is 6. The van der Waals surface area contributed by atoms with Crippen molar-refractivity contribution in [2.24, 2.45) is 5.92 Å². The summed E-state index contributed by atoms with van der Waals surface area (Å²) >= 11 is 0. The first-order chi connectivity index (χ1) is 8.13. The van der Waals surface area contributed by atoms with E-state index in [4.69, 9.17) is 0 Å². The van der Waals surface area contributed by atoms with Gasteiger partial charge in [0.1, 0.15) is 0 Å². The molecule has 0 saturated carbocycles. The third kappa shape index (κ3) is 5.48. The fraction of sp³-hybridized carbons (Fsp3) is 0.917. The molecule has 1 unspecified atom stereocenters. The van der Waals surface area contributed by atoms with Gasteiger partial charge in [-0.15, -0.1) is 0 Å². The quantitative estimate of drug-likeness (QED) is 0.640. The molecule has 0 radical (unpaired) electrons. The van der Waals surface area contributed by atoms with Gasteiger partial charge in [0.2, 0.25) is 5.91 Å². The third-order valence-electron chi connectivity index (χ3n) is 3.28. The molecule has 1 rings (SSSR count). The van der Waals surface area contributed by atoms with E-state index < -0.39 is 0 Å². The molecule has 0 spiro atoms. The van der Waals surface area contributed by atoms with Gasteiger partial charge in [0.15, 0.2) is 0 Å². The summed E-state index contributed by atoms with van der Waals surface area (Å²) in [5.74, 6) is 0.195. The first-order valence-electron chi connectivity index (χ1n) is 6.46. The van der Waals surface area contributed by atoms with E-state index in [-0.39, 0.29) is 11.8 Å². The average Bonchev–Trinajstić information content (AvgIpc) is 2.32. The molecule has 0 bridgehead atoms. The van der Waals surface area contributed by atoms with Crippen LogP contribution in [0.15, 0.2) is 0 Å². The van der Waals surface area contributed by atoms with Gasteiger partial charge in [-0.3, -0.25) is 9.69 Å². The molecule has 17 heavy (non-hydrogen) atoms. The van der Waals surface area contributed by atoms with E-state index in [1.54, 1.807) is 0 Å². The second-order valence-electron chi connectivity index (χ2n) is 4.89. The summed E-state index contributed by atoms with van der Waals surface area (Å²) in [6, 6.07) is 0. The van der Waals surface area contributed by atoms with Crippen LogP contribution in [-0.2, 0) is 4.79 Å². The average molecular weight is 242 g/mol. The van der Waals surface area contributed by atoms with Crippen LogP contribution in [0.2, 0.25) is 0 Å². The number of nitrogens with one attached hydrogen (secondary N) is 2. The second-order valence-corrected chi connectivity index (χ2v) is 4.89. The molecule has 1 amide bonds. The summed E-state index contributed by atoms with van der Waals surface area (Å²) in [4.78, 5) is 16.4. The Morgan fingerprint density at radius 1 is 1.29 bits per heavy atom. The number of hydrogen-bond acceptors (Lipinski definition) is 4. The molecule has 5 heteroatoms. The van der Waals surface area contributed by atoms with Crippen LogP contribution in [-0.4, -0.2) is 75.6 Å².